The summed E-state index contributed by atoms with van der Waals surface area (Å²) in [7, 11) is 0. The molecule has 66 heavy (non-hydrogen) atoms. The van der Waals surface area contributed by atoms with Crippen LogP contribution in [0.3, 0.4) is 0 Å². The maximum Gasteiger partial charge on any atom is 0.160 e. The third-order valence-electron chi connectivity index (χ3n) is 12.9. The molecule has 0 saturated heterocycles. The first-order chi connectivity index (χ1) is 32.7. The molecule has 0 N–H and O–H groups in total. The fourth-order valence-corrected chi connectivity index (χ4v) is 9.77. The van der Waals surface area contributed by atoms with E-state index < -0.39 is 0 Å². The lowest BCUT2D eigenvalue weighted by Gasteiger charge is -2.19. The highest BCUT2D eigenvalue weighted by atomic mass is 14.9. The number of rotatable bonds is 7. The summed E-state index contributed by atoms with van der Waals surface area (Å²) < 4.78 is 0. The zero-order valence-electron chi connectivity index (χ0n) is 35.9. The zero-order valence-corrected chi connectivity index (χ0v) is 35.9. The van der Waals surface area contributed by atoms with E-state index in [9.17, 15) is 5.26 Å². The van der Waals surface area contributed by atoms with Crippen molar-refractivity contribution in [1.29, 1.82) is 5.26 Å². The summed E-state index contributed by atoms with van der Waals surface area (Å²) in [5, 5.41) is 19.1. The van der Waals surface area contributed by atoms with E-state index in [2.05, 4.69) is 200 Å². The summed E-state index contributed by atoms with van der Waals surface area (Å²) >= 11 is 0. The van der Waals surface area contributed by atoms with Gasteiger partial charge in [0.15, 0.2) is 5.82 Å². The first kappa shape index (κ1) is 38.7. The van der Waals surface area contributed by atoms with E-state index in [-0.39, 0.29) is 0 Å². The molecular formula is C63H39N3. The molecule has 11 aromatic carbocycles. The smallest absolute Gasteiger partial charge is 0.160 e. The highest BCUT2D eigenvalue weighted by Gasteiger charge is 2.20. The fourth-order valence-electron chi connectivity index (χ4n) is 9.77. The normalized spacial score (nSPS) is 11.3. The van der Waals surface area contributed by atoms with Gasteiger partial charge in [-0.25, -0.2) is 9.97 Å². The second-order valence-electron chi connectivity index (χ2n) is 16.7. The van der Waals surface area contributed by atoms with Crippen molar-refractivity contribution in [2.45, 2.75) is 0 Å². The Balaban J connectivity index is 0.970. The number of aromatic nitrogens is 2. The first-order valence-electron chi connectivity index (χ1n) is 22.3. The van der Waals surface area contributed by atoms with Crippen molar-refractivity contribution < 1.29 is 0 Å². The van der Waals surface area contributed by atoms with Gasteiger partial charge in [-0.1, -0.05) is 218 Å². The van der Waals surface area contributed by atoms with Crippen LogP contribution in [0.4, 0.5) is 0 Å². The second-order valence-corrected chi connectivity index (χ2v) is 16.7. The van der Waals surface area contributed by atoms with Crippen molar-refractivity contribution in [3.8, 4) is 84.5 Å². The van der Waals surface area contributed by atoms with Gasteiger partial charge in [0, 0.05) is 16.7 Å². The summed E-state index contributed by atoms with van der Waals surface area (Å²) in [6.45, 7) is 0. The predicted molar refractivity (Wildman–Crippen MR) is 275 cm³/mol. The van der Waals surface area contributed by atoms with E-state index in [1.807, 2.05) is 42.5 Å². The molecule has 12 rings (SSSR count). The number of hydrogen-bond donors (Lipinski definition) is 0. The molecule has 306 valence electrons. The average Bonchev–Trinajstić information content (AvgIpc) is 3.40. The van der Waals surface area contributed by atoms with Gasteiger partial charge in [-0.3, -0.25) is 0 Å². The third-order valence-corrected chi connectivity index (χ3v) is 12.9. The van der Waals surface area contributed by atoms with Crippen molar-refractivity contribution in [2.75, 3.05) is 0 Å². The van der Waals surface area contributed by atoms with Gasteiger partial charge >= 0.3 is 0 Å². The van der Waals surface area contributed by atoms with Crippen LogP contribution in [0.5, 0.6) is 0 Å². The molecule has 0 atom stereocenters. The summed E-state index contributed by atoms with van der Waals surface area (Å²) in [5.74, 6) is 0.674. The monoisotopic (exact) mass is 837 g/mol. The fraction of sp³-hybridized carbons (Fsp3) is 0. The highest BCUT2D eigenvalue weighted by Crippen LogP contribution is 2.47. The van der Waals surface area contributed by atoms with E-state index in [4.69, 9.17) is 9.97 Å². The standard InChI is InChI=1S/C63H39N3/c64-40-41-23-25-42(26-24-41)43-27-31-46(32-28-43)58-39-59(66-63(65-58)49-16-5-2-6-17-49)54-38-37-50(52-19-9-10-20-53(52)54)45-29-33-48(34-30-45)60-55-21-11-12-22-56(55)61(47-14-3-1-4-15-47)62-51-18-8-7-13-44(51)35-36-57(60)62/h1-39H. The van der Waals surface area contributed by atoms with Crippen LogP contribution in [-0.4, -0.2) is 9.97 Å². The Morgan fingerprint density at radius 3 is 1.47 bits per heavy atom. The number of benzene rings is 11. The van der Waals surface area contributed by atoms with E-state index in [0.717, 1.165) is 61.1 Å². The van der Waals surface area contributed by atoms with Gasteiger partial charge in [-0.05, 0) is 106 Å². The maximum atomic E-state index is 9.29. The van der Waals surface area contributed by atoms with Crippen LogP contribution in [0.2, 0.25) is 0 Å². The van der Waals surface area contributed by atoms with Crippen LogP contribution < -0.4 is 0 Å². The molecule has 0 bridgehead atoms. The first-order valence-corrected chi connectivity index (χ1v) is 22.3. The van der Waals surface area contributed by atoms with Crippen LogP contribution >= 0.6 is 0 Å². The Labute approximate surface area is 383 Å². The Kier molecular flexibility index (Phi) is 9.55. The van der Waals surface area contributed by atoms with Gasteiger partial charge in [-0.2, -0.15) is 5.26 Å². The number of fused-ring (bicyclic) bond motifs is 5. The van der Waals surface area contributed by atoms with Crippen LogP contribution in [-0.2, 0) is 0 Å². The van der Waals surface area contributed by atoms with Gasteiger partial charge in [0.05, 0.1) is 23.0 Å². The molecule has 12 aromatic rings. The number of hydrogen-bond acceptors (Lipinski definition) is 3. The molecule has 3 heteroatoms. The largest absolute Gasteiger partial charge is 0.228 e. The molecule has 0 amide bonds. The van der Waals surface area contributed by atoms with Crippen molar-refractivity contribution in [3.63, 3.8) is 0 Å². The van der Waals surface area contributed by atoms with Crippen LogP contribution in [0.1, 0.15) is 5.56 Å². The second kappa shape index (κ2) is 16.3. The number of nitriles is 1. The lowest BCUT2D eigenvalue weighted by atomic mass is 9.83. The molecule has 1 aromatic heterocycles. The van der Waals surface area contributed by atoms with E-state index in [1.165, 1.54) is 54.6 Å². The summed E-state index contributed by atoms with van der Waals surface area (Å²) in [5.41, 5.74) is 14.7. The predicted octanol–water partition coefficient (Wildman–Crippen LogP) is 16.6. The lowest BCUT2D eigenvalue weighted by molar-refractivity contribution is 1.18. The van der Waals surface area contributed by atoms with Crippen LogP contribution in [0.25, 0.3) is 122 Å². The van der Waals surface area contributed by atoms with Crippen molar-refractivity contribution >= 4 is 43.1 Å². The lowest BCUT2D eigenvalue weighted by Crippen LogP contribution is -1.97. The van der Waals surface area contributed by atoms with Crippen LogP contribution in [0, 0.1) is 11.3 Å². The van der Waals surface area contributed by atoms with Crippen molar-refractivity contribution in [1.82, 2.24) is 9.97 Å². The topological polar surface area (TPSA) is 49.6 Å². The van der Waals surface area contributed by atoms with Gasteiger partial charge in [0.1, 0.15) is 0 Å². The van der Waals surface area contributed by atoms with E-state index >= 15 is 0 Å². The van der Waals surface area contributed by atoms with Gasteiger partial charge in [-0.15, -0.1) is 0 Å². The third kappa shape index (κ3) is 6.77. The van der Waals surface area contributed by atoms with Gasteiger partial charge < -0.3 is 0 Å². The van der Waals surface area contributed by atoms with Crippen LogP contribution in [0.15, 0.2) is 237 Å². The molecule has 0 aliphatic heterocycles. The highest BCUT2D eigenvalue weighted by molar-refractivity contribution is 6.28. The van der Waals surface area contributed by atoms with Gasteiger partial charge in [0.2, 0.25) is 0 Å². The zero-order chi connectivity index (χ0) is 44.0. The van der Waals surface area contributed by atoms with Gasteiger partial charge in [0.25, 0.3) is 0 Å². The molecule has 3 nitrogen and oxygen atoms in total. The summed E-state index contributed by atoms with van der Waals surface area (Å²) in [6, 6.07) is 86.0. The minimum absolute atomic E-state index is 0.647. The van der Waals surface area contributed by atoms with Crippen molar-refractivity contribution in [2.24, 2.45) is 0 Å². The van der Waals surface area contributed by atoms with Crippen molar-refractivity contribution in [3.05, 3.63) is 242 Å². The summed E-state index contributed by atoms with van der Waals surface area (Å²) in [6.07, 6.45) is 0. The Hall–Kier alpha value is -8.97. The summed E-state index contributed by atoms with van der Waals surface area (Å²) in [4.78, 5) is 10.4. The molecule has 1 heterocycles. The quantitative estimate of drug-likeness (QED) is 0.119. The minimum Gasteiger partial charge on any atom is -0.228 e. The molecule has 0 saturated carbocycles. The maximum absolute atomic E-state index is 9.29. The van der Waals surface area contributed by atoms with E-state index in [0.29, 0.717) is 11.4 Å². The number of nitrogens with zero attached hydrogens (tertiary/aromatic N) is 3. The molecule has 0 aliphatic rings. The van der Waals surface area contributed by atoms with E-state index in [1.54, 1.807) is 0 Å². The SMILES string of the molecule is N#Cc1ccc(-c2ccc(-c3cc(-c4ccc(-c5ccc(-c6c7ccccc7c(-c7ccccc7)c7c6ccc6ccccc67)cc5)c5ccccc45)nc(-c4ccccc4)n3)cc2)cc1. The molecule has 0 fully saturated rings. The average molecular weight is 838 g/mol. The molecule has 0 unspecified atom stereocenters. The molecule has 0 spiro atoms. The molecular weight excluding hydrogens is 799 g/mol. The minimum atomic E-state index is 0.647. The Bertz CT molecular complexity index is 3830. The Morgan fingerprint density at radius 2 is 0.788 bits per heavy atom. The molecule has 0 aliphatic carbocycles. The Morgan fingerprint density at radius 1 is 0.303 bits per heavy atom. The molecule has 0 radical (unpaired) electrons.